The van der Waals surface area contributed by atoms with E-state index in [0.29, 0.717) is 41.4 Å². The molecule has 0 spiro atoms. The van der Waals surface area contributed by atoms with E-state index in [1.165, 1.54) is 9.25 Å². The molecule has 4 bridgehead atoms. The molecule has 6 rings (SSSR count). The average Bonchev–Trinajstić information content (AvgIpc) is 3.37. The van der Waals surface area contributed by atoms with E-state index in [9.17, 15) is 13.6 Å². The maximum absolute atomic E-state index is 14.6. The number of rotatable bonds is 1. The summed E-state index contributed by atoms with van der Waals surface area (Å²) >= 11 is 0. The van der Waals surface area contributed by atoms with E-state index in [1.54, 1.807) is 24.7 Å². The van der Waals surface area contributed by atoms with Crippen LogP contribution in [0, 0.1) is 6.92 Å². The van der Waals surface area contributed by atoms with Crippen molar-refractivity contribution in [1.82, 2.24) is 24.3 Å². The van der Waals surface area contributed by atoms with Crippen LogP contribution in [0.5, 0.6) is 0 Å². The molecule has 0 amide bonds. The summed E-state index contributed by atoms with van der Waals surface area (Å²) in [5, 5.41) is 11.3. The van der Waals surface area contributed by atoms with Crippen LogP contribution in [0.1, 0.15) is 38.7 Å². The number of aryl methyl sites for hydroxylation is 3. The van der Waals surface area contributed by atoms with Crippen LogP contribution < -0.4 is 21.1 Å². The zero-order valence-electron chi connectivity index (χ0n) is 21.8. The molecule has 2 aliphatic rings. The Morgan fingerprint density at radius 2 is 1.89 bits per heavy atom. The van der Waals surface area contributed by atoms with Gasteiger partial charge in [0.15, 0.2) is 0 Å². The number of benzene rings is 1. The lowest BCUT2D eigenvalue weighted by Crippen LogP contribution is -2.36. The van der Waals surface area contributed by atoms with Gasteiger partial charge in [-0.25, -0.2) is 13.8 Å². The Labute approximate surface area is 219 Å². The van der Waals surface area contributed by atoms with Gasteiger partial charge < -0.3 is 15.5 Å². The predicted molar refractivity (Wildman–Crippen MR) is 146 cm³/mol. The first kappa shape index (κ1) is 25.6. The van der Waals surface area contributed by atoms with Gasteiger partial charge in [0, 0.05) is 56.8 Å². The van der Waals surface area contributed by atoms with Crippen molar-refractivity contribution in [3.8, 4) is 0 Å². The summed E-state index contributed by atoms with van der Waals surface area (Å²) in [6, 6.07) is 7.76. The fraction of sp³-hybridized carbons (Fsp3) is 0.407. The van der Waals surface area contributed by atoms with Crippen LogP contribution in [0.2, 0.25) is 0 Å². The highest BCUT2D eigenvalue weighted by Crippen LogP contribution is 2.36. The first-order valence-corrected chi connectivity index (χ1v) is 13.1. The van der Waals surface area contributed by atoms with Crippen molar-refractivity contribution < 1.29 is 8.78 Å². The molecule has 4 aromatic rings. The number of hydrogen-bond acceptors (Lipinski definition) is 7. The van der Waals surface area contributed by atoms with Gasteiger partial charge in [-0.15, -0.1) is 0 Å². The second-order valence-electron chi connectivity index (χ2n) is 9.33. The molecule has 2 aliphatic heterocycles. The van der Waals surface area contributed by atoms with Crippen LogP contribution in [-0.2, 0) is 13.1 Å². The monoisotopic (exact) mass is 522 g/mol. The molecular weight excluding hydrogens is 490 g/mol. The number of alkyl halides is 2. The van der Waals surface area contributed by atoms with Crippen molar-refractivity contribution in [1.29, 1.82) is 0 Å². The molecule has 0 unspecified atom stereocenters. The summed E-state index contributed by atoms with van der Waals surface area (Å²) in [5.41, 5.74) is 4.21. The van der Waals surface area contributed by atoms with Crippen LogP contribution >= 0.6 is 0 Å². The molecule has 0 saturated heterocycles. The Bertz CT molecular complexity index is 1510. The zero-order valence-corrected chi connectivity index (χ0v) is 21.8. The number of para-hydroxylation sites is 1. The van der Waals surface area contributed by atoms with Gasteiger partial charge in [-0.05, 0) is 31.0 Å². The van der Waals surface area contributed by atoms with Crippen molar-refractivity contribution in [2.45, 2.75) is 59.0 Å². The normalized spacial score (nSPS) is 16.5. The molecule has 3 aromatic heterocycles. The van der Waals surface area contributed by atoms with Crippen LogP contribution in [0.25, 0.3) is 11.0 Å². The lowest BCUT2D eigenvalue weighted by Gasteiger charge is -2.33. The highest BCUT2D eigenvalue weighted by atomic mass is 19.3. The van der Waals surface area contributed by atoms with Crippen molar-refractivity contribution >= 4 is 39.7 Å². The average molecular weight is 523 g/mol. The third-order valence-corrected chi connectivity index (χ3v) is 6.80. The highest BCUT2D eigenvalue weighted by Gasteiger charge is 2.29. The minimum absolute atomic E-state index is 0.0943. The second kappa shape index (κ2) is 10.4. The largest absolute Gasteiger partial charge is 0.381 e. The van der Waals surface area contributed by atoms with Gasteiger partial charge in [-0.1, -0.05) is 26.0 Å². The molecule has 2 N–H and O–H groups in total. The van der Waals surface area contributed by atoms with Crippen LogP contribution in [0.4, 0.5) is 37.5 Å². The van der Waals surface area contributed by atoms with Crippen molar-refractivity contribution in [2.24, 2.45) is 0 Å². The predicted octanol–water partition coefficient (Wildman–Crippen LogP) is 5.45. The van der Waals surface area contributed by atoms with E-state index in [1.807, 2.05) is 43.9 Å². The SMILES string of the molecule is CC.Cc1cccc2c1NCCN2c1cc2cnc3nc2n(c1=O)CCCC(F)(F)CCn1cc(cn1)N3. The molecule has 38 heavy (non-hydrogen) atoms. The molecule has 0 aliphatic carbocycles. The fourth-order valence-corrected chi connectivity index (χ4v) is 4.95. The number of aromatic nitrogens is 5. The van der Waals surface area contributed by atoms with E-state index >= 15 is 0 Å². The second-order valence-corrected chi connectivity index (χ2v) is 9.33. The molecule has 11 heteroatoms. The van der Waals surface area contributed by atoms with Gasteiger partial charge in [0.1, 0.15) is 11.3 Å². The molecule has 0 radical (unpaired) electrons. The summed E-state index contributed by atoms with van der Waals surface area (Å²) in [7, 11) is 0. The lowest BCUT2D eigenvalue weighted by atomic mass is 10.1. The standard InChI is InChI=1S/C25H26F2N8O.C2H6/c1-16-4-2-5-19-21(16)28-8-11-34(19)20-12-17-13-29-24-31-18-14-30-33(15-18)10-7-25(26,27)6-3-9-35(23(20)36)22(17)32-24;1-2/h2,4-5,12-15,28H,3,6-11H2,1H3,(H,29,31,32);1-2H3. The molecule has 0 fully saturated rings. The van der Waals surface area contributed by atoms with E-state index < -0.39 is 5.92 Å². The highest BCUT2D eigenvalue weighted by molar-refractivity contribution is 5.85. The Morgan fingerprint density at radius 1 is 1.05 bits per heavy atom. The van der Waals surface area contributed by atoms with Gasteiger partial charge in [0.25, 0.3) is 5.56 Å². The van der Waals surface area contributed by atoms with E-state index in [0.717, 1.165) is 16.9 Å². The summed E-state index contributed by atoms with van der Waals surface area (Å²) in [6.45, 7) is 7.52. The minimum atomic E-state index is -2.87. The Hall–Kier alpha value is -4.02. The molecule has 0 saturated carbocycles. The Balaban J connectivity index is 0.00000144. The Morgan fingerprint density at radius 3 is 2.74 bits per heavy atom. The number of halogens is 2. The zero-order chi connectivity index (χ0) is 26.9. The van der Waals surface area contributed by atoms with Crippen molar-refractivity contribution in [2.75, 3.05) is 28.6 Å². The summed E-state index contributed by atoms with van der Waals surface area (Å²) in [6.07, 6.45) is 4.34. The quantitative estimate of drug-likeness (QED) is 0.343. The van der Waals surface area contributed by atoms with Gasteiger partial charge >= 0.3 is 0 Å². The Kier molecular flexibility index (Phi) is 7.00. The summed E-state index contributed by atoms with van der Waals surface area (Å²) < 4.78 is 32.3. The fourth-order valence-electron chi connectivity index (χ4n) is 4.95. The summed E-state index contributed by atoms with van der Waals surface area (Å²) in [5.74, 6) is -2.55. The topological polar surface area (TPSA) is 92.9 Å². The molecule has 9 nitrogen and oxygen atoms in total. The number of pyridine rings is 1. The van der Waals surface area contributed by atoms with E-state index in [2.05, 4.69) is 25.7 Å². The van der Waals surface area contributed by atoms with Crippen molar-refractivity contribution in [3.63, 3.8) is 0 Å². The summed E-state index contributed by atoms with van der Waals surface area (Å²) in [4.78, 5) is 24.9. The number of nitrogens with one attached hydrogen (secondary N) is 2. The number of anilines is 5. The van der Waals surface area contributed by atoms with Gasteiger partial charge in [-0.2, -0.15) is 10.1 Å². The first-order chi connectivity index (χ1) is 18.4. The number of hydrogen-bond donors (Lipinski definition) is 2. The van der Waals surface area contributed by atoms with E-state index in [-0.39, 0.29) is 37.9 Å². The van der Waals surface area contributed by atoms with Gasteiger partial charge in [0.05, 0.1) is 23.3 Å². The molecule has 5 heterocycles. The number of nitrogens with zero attached hydrogens (tertiary/aromatic N) is 6. The van der Waals surface area contributed by atoms with Crippen LogP contribution in [-0.4, -0.2) is 43.3 Å². The molecule has 1 aromatic carbocycles. The third kappa shape index (κ3) is 4.92. The lowest BCUT2D eigenvalue weighted by molar-refractivity contribution is -0.0232. The van der Waals surface area contributed by atoms with Gasteiger partial charge in [-0.3, -0.25) is 14.0 Å². The first-order valence-electron chi connectivity index (χ1n) is 13.1. The maximum Gasteiger partial charge on any atom is 0.276 e. The van der Waals surface area contributed by atoms with Gasteiger partial charge in [0.2, 0.25) is 11.9 Å². The third-order valence-electron chi connectivity index (χ3n) is 6.80. The van der Waals surface area contributed by atoms with E-state index in [4.69, 9.17) is 0 Å². The van der Waals surface area contributed by atoms with Crippen LogP contribution in [0.15, 0.2) is 47.7 Å². The van der Waals surface area contributed by atoms with Crippen LogP contribution in [0.3, 0.4) is 0 Å². The maximum atomic E-state index is 14.6. The molecule has 0 atom stereocenters. The number of fused-ring (bicyclic) bond motifs is 4. The minimum Gasteiger partial charge on any atom is -0.381 e. The molecule has 200 valence electrons. The van der Waals surface area contributed by atoms with Crippen molar-refractivity contribution in [3.05, 3.63) is 58.8 Å². The molecular formula is C27H32F2N8O. The smallest absolute Gasteiger partial charge is 0.276 e.